The first-order valence-corrected chi connectivity index (χ1v) is 11.2. The lowest BCUT2D eigenvalue weighted by Crippen LogP contribution is -2.12. The van der Waals surface area contributed by atoms with Crippen LogP contribution >= 0.6 is 0 Å². The molecule has 1 aliphatic carbocycles. The largest absolute Gasteiger partial charge is 0.489 e. The van der Waals surface area contributed by atoms with Crippen molar-refractivity contribution in [1.29, 1.82) is 0 Å². The van der Waals surface area contributed by atoms with Crippen molar-refractivity contribution in [2.75, 3.05) is 0 Å². The maximum atomic E-state index is 5.97. The highest BCUT2D eigenvalue weighted by molar-refractivity contribution is 5.68. The molecule has 0 spiro atoms. The predicted molar refractivity (Wildman–Crippen MR) is 130 cm³/mol. The molecule has 0 amide bonds. The molecule has 4 heteroatoms. The first-order valence-electron chi connectivity index (χ1n) is 11.2. The van der Waals surface area contributed by atoms with Gasteiger partial charge in [0.15, 0.2) is 5.65 Å². The first kappa shape index (κ1) is 21.6. The Kier molecular flexibility index (Phi) is 6.87. The van der Waals surface area contributed by atoms with Gasteiger partial charge in [-0.05, 0) is 43.0 Å². The minimum atomic E-state index is 0.535. The molecule has 0 N–H and O–H groups in total. The molecule has 5 rings (SSSR count). The Balaban J connectivity index is 0.00000119. The molecule has 0 atom stereocenters. The molecule has 4 nitrogen and oxygen atoms in total. The van der Waals surface area contributed by atoms with Crippen molar-refractivity contribution < 1.29 is 4.74 Å². The van der Waals surface area contributed by atoms with E-state index < -0.39 is 0 Å². The Morgan fingerprint density at radius 1 is 0.938 bits per heavy atom. The van der Waals surface area contributed by atoms with E-state index in [1.54, 1.807) is 0 Å². The first-order chi connectivity index (χ1) is 15.8. The maximum absolute atomic E-state index is 5.97. The van der Waals surface area contributed by atoms with E-state index in [2.05, 4.69) is 65.8 Å². The zero-order valence-corrected chi connectivity index (χ0v) is 18.6. The lowest BCUT2D eigenvalue weighted by atomic mass is 9.84. The van der Waals surface area contributed by atoms with Crippen molar-refractivity contribution in [1.82, 2.24) is 14.6 Å². The third-order valence-corrected chi connectivity index (χ3v) is 6.15. The predicted octanol–water partition coefficient (Wildman–Crippen LogP) is 6.58. The smallest absolute Gasteiger partial charge is 0.158 e. The molecule has 162 valence electrons. The van der Waals surface area contributed by atoms with Crippen LogP contribution < -0.4 is 4.74 Å². The lowest BCUT2D eigenvalue weighted by molar-refractivity contribution is 0.306. The number of hydrogen-bond donors (Lipinski definition) is 0. The number of aryl methyl sites for hydroxylation is 1. The van der Waals surface area contributed by atoms with Gasteiger partial charge in [-0.2, -0.15) is 5.10 Å². The summed E-state index contributed by atoms with van der Waals surface area (Å²) in [5, 5.41) is 4.69. The summed E-state index contributed by atoms with van der Waals surface area (Å²) in [6, 6.07) is 18.7. The normalized spacial score (nSPS) is 14.0. The van der Waals surface area contributed by atoms with Gasteiger partial charge in [-0.3, -0.25) is 0 Å². The van der Waals surface area contributed by atoms with Crippen LogP contribution in [0.1, 0.15) is 54.8 Å². The van der Waals surface area contributed by atoms with Crippen LogP contribution in [-0.2, 0) is 6.61 Å². The molecule has 1 aliphatic rings. The Bertz CT molecular complexity index is 1170. The summed E-state index contributed by atoms with van der Waals surface area (Å²) in [6.07, 6.45) is 18.3. The van der Waals surface area contributed by atoms with Crippen LogP contribution in [0.3, 0.4) is 0 Å². The van der Waals surface area contributed by atoms with E-state index in [1.165, 1.54) is 54.5 Å². The molecule has 2 aromatic heterocycles. The van der Waals surface area contributed by atoms with Crippen molar-refractivity contribution in [3.8, 4) is 29.7 Å². The van der Waals surface area contributed by atoms with Crippen molar-refractivity contribution >= 4 is 5.65 Å². The van der Waals surface area contributed by atoms with Gasteiger partial charge in [0.1, 0.15) is 12.4 Å². The number of fused-ring (bicyclic) bond motifs is 1. The summed E-state index contributed by atoms with van der Waals surface area (Å²) in [5.41, 5.74) is 6.94. The van der Waals surface area contributed by atoms with E-state index in [-0.39, 0.29) is 0 Å². The lowest BCUT2D eigenvalue weighted by Gasteiger charge is -2.25. The molecule has 0 radical (unpaired) electrons. The van der Waals surface area contributed by atoms with Crippen LogP contribution in [0.4, 0.5) is 0 Å². The second-order valence-corrected chi connectivity index (χ2v) is 8.25. The summed E-state index contributed by atoms with van der Waals surface area (Å²) in [5.74, 6) is 1.42. The van der Waals surface area contributed by atoms with Crippen LogP contribution in [0.2, 0.25) is 0 Å². The Morgan fingerprint density at radius 3 is 2.38 bits per heavy atom. The Morgan fingerprint density at radius 2 is 1.66 bits per heavy atom. The summed E-state index contributed by atoms with van der Waals surface area (Å²) >= 11 is 0. The fourth-order valence-electron chi connectivity index (χ4n) is 4.53. The molecule has 1 saturated carbocycles. The van der Waals surface area contributed by atoms with E-state index in [0.29, 0.717) is 12.5 Å². The molecule has 2 heterocycles. The van der Waals surface area contributed by atoms with Gasteiger partial charge >= 0.3 is 0 Å². The summed E-state index contributed by atoms with van der Waals surface area (Å²) in [7, 11) is 0. The fraction of sp³-hybridized carbons (Fsp3) is 0.286. The van der Waals surface area contributed by atoms with Crippen LogP contribution in [0, 0.1) is 19.8 Å². The summed E-state index contributed by atoms with van der Waals surface area (Å²) < 4.78 is 8.05. The second-order valence-electron chi connectivity index (χ2n) is 8.25. The number of terminal acetylenes is 1. The number of rotatable bonds is 5. The third-order valence-electron chi connectivity index (χ3n) is 6.15. The fourth-order valence-corrected chi connectivity index (χ4v) is 4.53. The topological polar surface area (TPSA) is 39.4 Å². The third kappa shape index (κ3) is 4.53. The molecule has 0 aliphatic heterocycles. The number of hydrogen-bond acceptors (Lipinski definition) is 3. The van der Waals surface area contributed by atoms with E-state index in [1.807, 2.05) is 30.6 Å². The number of benzene rings is 2. The highest BCUT2D eigenvalue weighted by Crippen LogP contribution is 2.38. The summed E-state index contributed by atoms with van der Waals surface area (Å²) in [6.45, 7) is 2.66. The highest BCUT2D eigenvalue weighted by atomic mass is 16.5. The quantitative estimate of drug-likeness (QED) is 0.340. The van der Waals surface area contributed by atoms with Gasteiger partial charge in [-0.15, -0.1) is 12.8 Å². The average Bonchev–Trinajstić information content (AvgIpc) is 3.25. The molecule has 0 unspecified atom stereocenters. The number of aromatic nitrogens is 3. The van der Waals surface area contributed by atoms with Crippen LogP contribution in [0.5, 0.6) is 5.75 Å². The van der Waals surface area contributed by atoms with Crippen LogP contribution in [0.15, 0.2) is 67.0 Å². The molecule has 4 aromatic rings. The molecular formula is C28H29N3O. The summed E-state index contributed by atoms with van der Waals surface area (Å²) in [4.78, 5) is 4.74. The average molecular weight is 424 g/mol. The van der Waals surface area contributed by atoms with Crippen LogP contribution in [0.25, 0.3) is 16.8 Å². The minimum absolute atomic E-state index is 0.535. The molecule has 0 bridgehead atoms. The highest BCUT2D eigenvalue weighted by Gasteiger charge is 2.23. The molecule has 0 saturated heterocycles. The number of nitrogens with zero attached hydrogens (tertiary/aromatic N) is 3. The van der Waals surface area contributed by atoms with Crippen LogP contribution in [-0.4, -0.2) is 14.6 Å². The molecular weight excluding hydrogens is 394 g/mol. The standard InChI is InChI=1S/C26H27N3O.C2H2/c1-19-16-28-29-25(22-10-6-3-7-11-22)24(17-27-26(19)29)21-12-14-23(15-13-21)30-18-20-8-4-2-5-9-20;1-2/h2,4-5,8-9,12-17,22H,3,6-7,10-11,18H2,1H3;1-2H. The van der Waals surface area contributed by atoms with Gasteiger partial charge in [0, 0.05) is 23.2 Å². The van der Waals surface area contributed by atoms with Crippen molar-refractivity contribution in [3.05, 3.63) is 83.8 Å². The molecule has 1 fully saturated rings. The van der Waals surface area contributed by atoms with Gasteiger partial charge in [0.25, 0.3) is 0 Å². The van der Waals surface area contributed by atoms with Gasteiger partial charge in [-0.25, -0.2) is 9.50 Å². The monoisotopic (exact) mass is 423 g/mol. The second kappa shape index (κ2) is 10.2. The van der Waals surface area contributed by atoms with Gasteiger partial charge in [-0.1, -0.05) is 61.7 Å². The van der Waals surface area contributed by atoms with E-state index >= 15 is 0 Å². The Hall–Kier alpha value is -3.58. The number of ether oxygens (including phenoxy) is 1. The van der Waals surface area contributed by atoms with Crippen molar-refractivity contribution in [2.24, 2.45) is 0 Å². The molecule has 2 aromatic carbocycles. The van der Waals surface area contributed by atoms with Gasteiger partial charge in [0.2, 0.25) is 0 Å². The zero-order chi connectivity index (χ0) is 22.3. The van der Waals surface area contributed by atoms with Gasteiger partial charge < -0.3 is 4.74 Å². The van der Waals surface area contributed by atoms with E-state index in [4.69, 9.17) is 9.72 Å². The molecule has 32 heavy (non-hydrogen) atoms. The maximum Gasteiger partial charge on any atom is 0.158 e. The SMILES string of the molecule is C#C.Cc1cnn2c(C3CCCCC3)c(-c3ccc(OCc4ccccc4)cc3)cnc12. The van der Waals surface area contributed by atoms with E-state index in [9.17, 15) is 0 Å². The van der Waals surface area contributed by atoms with Crippen molar-refractivity contribution in [2.45, 2.75) is 51.6 Å². The van der Waals surface area contributed by atoms with E-state index in [0.717, 1.165) is 17.0 Å². The van der Waals surface area contributed by atoms with Crippen molar-refractivity contribution in [3.63, 3.8) is 0 Å². The zero-order valence-electron chi connectivity index (χ0n) is 18.6. The Labute approximate surface area is 190 Å². The minimum Gasteiger partial charge on any atom is -0.489 e. The van der Waals surface area contributed by atoms with Gasteiger partial charge in [0.05, 0.1) is 11.9 Å².